The summed E-state index contributed by atoms with van der Waals surface area (Å²) in [5.41, 5.74) is 5.66. The van der Waals surface area contributed by atoms with Crippen LogP contribution in [0, 0.1) is 5.92 Å². The number of hydrogen-bond donors (Lipinski definition) is 1. The Bertz CT molecular complexity index is 203. The molecule has 0 saturated carbocycles. The lowest BCUT2D eigenvalue weighted by molar-refractivity contribution is 0.137. The van der Waals surface area contributed by atoms with Crippen LogP contribution in [0.3, 0.4) is 0 Å². The Morgan fingerprint density at radius 3 is 2.22 bits per heavy atom. The molecule has 108 valence electrons. The van der Waals surface area contributed by atoms with E-state index in [0.29, 0.717) is 0 Å². The highest BCUT2D eigenvalue weighted by Gasteiger charge is 2.21. The summed E-state index contributed by atoms with van der Waals surface area (Å²) in [7, 11) is 0. The minimum Gasteiger partial charge on any atom is -0.329 e. The second-order valence-electron chi connectivity index (χ2n) is 5.81. The zero-order valence-corrected chi connectivity index (χ0v) is 12.5. The lowest BCUT2D eigenvalue weighted by Crippen LogP contribution is -2.42. The summed E-state index contributed by atoms with van der Waals surface area (Å²) in [6, 6.07) is 0. The van der Waals surface area contributed by atoms with Crippen LogP contribution in [0.15, 0.2) is 0 Å². The molecule has 0 aromatic heterocycles. The summed E-state index contributed by atoms with van der Waals surface area (Å²) in [4.78, 5) is 5.27. The highest BCUT2D eigenvalue weighted by molar-refractivity contribution is 5.85. The van der Waals surface area contributed by atoms with Crippen LogP contribution in [-0.2, 0) is 0 Å². The first-order valence-electron chi connectivity index (χ1n) is 7.53. The standard InChI is InChI=1S/C14H29N3.ClH/c15-7-11-17-10-5-6-14(13-17)12-16-8-3-1-2-4-9-16;/h14H,1-13,15H2;1H. The van der Waals surface area contributed by atoms with E-state index in [0.717, 1.165) is 19.0 Å². The van der Waals surface area contributed by atoms with Crippen molar-refractivity contribution in [3.05, 3.63) is 0 Å². The smallest absolute Gasteiger partial charge is 0.0105 e. The quantitative estimate of drug-likeness (QED) is 0.851. The molecular formula is C14H30ClN3. The van der Waals surface area contributed by atoms with Crippen molar-refractivity contribution >= 4 is 12.4 Å². The van der Waals surface area contributed by atoms with Gasteiger partial charge in [-0.15, -0.1) is 12.4 Å². The Morgan fingerprint density at radius 1 is 0.889 bits per heavy atom. The Labute approximate surface area is 118 Å². The lowest BCUT2D eigenvalue weighted by Gasteiger charge is -2.35. The van der Waals surface area contributed by atoms with Gasteiger partial charge in [-0.3, -0.25) is 0 Å². The van der Waals surface area contributed by atoms with Gasteiger partial charge in [-0.05, 0) is 51.2 Å². The van der Waals surface area contributed by atoms with E-state index in [1.54, 1.807) is 0 Å². The third-order valence-corrected chi connectivity index (χ3v) is 4.26. The van der Waals surface area contributed by atoms with E-state index in [1.807, 2.05) is 0 Å². The number of rotatable bonds is 4. The molecule has 18 heavy (non-hydrogen) atoms. The molecular weight excluding hydrogens is 246 g/mol. The van der Waals surface area contributed by atoms with E-state index in [9.17, 15) is 0 Å². The SMILES string of the molecule is Cl.NCCN1CCCC(CN2CCCCCC2)C1. The van der Waals surface area contributed by atoms with Crippen molar-refractivity contribution in [2.24, 2.45) is 11.7 Å². The van der Waals surface area contributed by atoms with Crippen LogP contribution in [0.2, 0.25) is 0 Å². The van der Waals surface area contributed by atoms with Crippen LogP contribution in [-0.4, -0.2) is 55.6 Å². The van der Waals surface area contributed by atoms with E-state index in [4.69, 9.17) is 5.73 Å². The first kappa shape index (κ1) is 16.2. The maximum atomic E-state index is 5.66. The maximum absolute atomic E-state index is 5.66. The van der Waals surface area contributed by atoms with Gasteiger partial charge >= 0.3 is 0 Å². The third-order valence-electron chi connectivity index (χ3n) is 4.26. The fraction of sp³-hybridized carbons (Fsp3) is 1.00. The number of hydrogen-bond acceptors (Lipinski definition) is 3. The normalized spacial score (nSPS) is 27.5. The molecule has 2 rings (SSSR count). The molecule has 2 aliphatic rings. The Morgan fingerprint density at radius 2 is 1.56 bits per heavy atom. The molecule has 2 fully saturated rings. The second-order valence-corrected chi connectivity index (χ2v) is 5.81. The first-order valence-corrected chi connectivity index (χ1v) is 7.53. The highest BCUT2D eigenvalue weighted by atomic mass is 35.5. The van der Waals surface area contributed by atoms with Gasteiger partial charge in [0.25, 0.3) is 0 Å². The van der Waals surface area contributed by atoms with Crippen molar-refractivity contribution in [3.63, 3.8) is 0 Å². The zero-order valence-electron chi connectivity index (χ0n) is 11.6. The van der Waals surface area contributed by atoms with Crippen LogP contribution in [0.5, 0.6) is 0 Å². The molecule has 3 nitrogen and oxygen atoms in total. The number of halogens is 1. The first-order chi connectivity index (χ1) is 8.38. The van der Waals surface area contributed by atoms with Gasteiger partial charge in [0, 0.05) is 26.2 Å². The highest BCUT2D eigenvalue weighted by Crippen LogP contribution is 2.19. The molecule has 0 bridgehead atoms. The Kier molecular flexibility index (Phi) is 8.23. The zero-order chi connectivity index (χ0) is 11.9. The van der Waals surface area contributed by atoms with E-state index in [1.165, 1.54) is 71.2 Å². The van der Waals surface area contributed by atoms with Gasteiger partial charge in [0.1, 0.15) is 0 Å². The number of nitrogens with zero attached hydrogens (tertiary/aromatic N) is 2. The van der Waals surface area contributed by atoms with Crippen LogP contribution in [0.4, 0.5) is 0 Å². The molecule has 2 heterocycles. The second kappa shape index (κ2) is 9.13. The fourth-order valence-corrected chi connectivity index (χ4v) is 3.37. The van der Waals surface area contributed by atoms with E-state index in [2.05, 4.69) is 9.80 Å². The van der Waals surface area contributed by atoms with Gasteiger partial charge < -0.3 is 15.5 Å². The van der Waals surface area contributed by atoms with Gasteiger partial charge in [-0.1, -0.05) is 12.8 Å². The molecule has 2 saturated heterocycles. The van der Waals surface area contributed by atoms with E-state index >= 15 is 0 Å². The molecule has 1 atom stereocenters. The topological polar surface area (TPSA) is 32.5 Å². The van der Waals surface area contributed by atoms with Crippen LogP contribution in [0.25, 0.3) is 0 Å². The van der Waals surface area contributed by atoms with Gasteiger partial charge in [0.05, 0.1) is 0 Å². The fourth-order valence-electron chi connectivity index (χ4n) is 3.37. The molecule has 0 radical (unpaired) electrons. The molecule has 0 spiro atoms. The summed E-state index contributed by atoms with van der Waals surface area (Å²) in [6.45, 7) is 8.48. The largest absolute Gasteiger partial charge is 0.329 e. The van der Waals surface area contributed by atoms with Gasteiger partial charge in [0.2, 0.25) is 0 Å². The lowest BCUT2D eigenvalue weighted by atomic mass is 9.97. The van der Waals surface area contributed by atoms with Gasteiger partial charge in [-0.25, -0.2) is 0 Å². The monoisotopic (exact) mass is 275 g/mol. The minimum absolute atomic E-state index is 0. The number of nitrogens with two attached hydrogens (primary N) is 1. The molecule has 0 amide bonds. The molecule has 2 N–H and O–H groups in total. The molecule has 4 heteroatoms. The number of likely N-dealkylation sites (tertiary alicyclic amines) is 2. The Hall–Kier alpha value is 0.170. The molecule has 2 aliphatic heterocycles. The van der Waals surface area contributed by atoms with Crippen LogP contribution >= 0.6 is 12.4 Å². The summed E-state index contributed by atoms with van der Waals surface area (Å²) < 4.78 is 0. The van der Waals surface area contributed by atoms with Crippen molar-refractivity contribution < 1.29 is 0 Å². The van der Waals surface area contributed by atoms with Crippen molar-refractivity contribution in [2.75, 3.05) is 45.8 Å². The van der Waals surface area contributed by atoms with Crippen molar-refractivity contribution in [2.45, 2.75) is 38.5 Å². The summed E-state index contributed by atoms with van der Waals surface area (Å²) in [5.74, 6) is 0.897. The summed E-state index contributed by atoms with van der Waals surface area (Å²) >= 11 is 0. The van der Waals surface area contributed by atoms with Crippen LogP contribution in [0.1, 0.15) is 38.5 Å². The Balaban J connectivity index is 0.00000162. The molecule has 1 unspecified atom stereocenters. The van der Waals surface area contributed by atoms with Gasteiger partial charge in [0.15, 0.2) is 0 Å². The summed E-state index contributed by atoms with van der Waals surface area (Å²) in [5, 5.41) is 0. The van der Waals surface area contributed by atoms with Gasteiger partial charge in [-0.2, -0.15) is 0 Å². The predicted molar refractivity (Wildman–Crippen MR) is 80.4 cm³/mol. The van der Waals surface area contributed by atoms with Crippen molar-refractivity contribution in [1.82, 2.24) is 9.80 Å². The van der Waals surface area contributed by atoms with Crippen molar-refractivity contribution in [3.8, 4) is 0 Å². The summed E-state index contributed by atoms with van der Waals surface area (Å²) in [6.07, 6.45) is 8.52. The number of piperidine rings is 1. The minimum atomic E-state index is 0. The third kappa shape index (κ3) is 5.43. The molecule has 0 aromatic carbocycles. The average Bonchev–Trinajstić information content (AvgIpc) is 2.59. The van der Waals surface area contributed by atoms with Crippen LogP contribution < -0.4 is 5.73 Å². The average molecular weight is 276 g/mol. The predicted octanol–water partition coefficient (Wildman–Crippen LogP) is 1.95. The van der Waals surface area contributed by atoms with Crippen molar-refractivity contribution in [1.29, 1.82) is 0 Å². The van der Waals surface area contributed by atoms with E-state index in [-0.39, 0.29) is 12.4 Å². The molecule has 0 aliphatic carbocycles. The molecule has 0 aromatic rings. The van der Waals surface area contributed by atoms with E-state index < -0.39 is 0 Å². The maximum Gasteiger partial charge on any atom is 0.0105 e.